The van der Waals surface area contributed by atoms with Crippen LogP contribution in [0.15, 0.2) is 48.5 Å². The monoisotopic (exact) mass is 365 g/mol. The van der Waals surface area contributed by atoms with Crippen LogP contribution in [0.5, 0.6) is 0 Å². The number of nitriles is 1. The number of nitrogens with zero attached hydrogens (tertiary/aromatic N) is 2. The highest BCUT2D eigenvalue weighted by Crippen LogP contribution is 2.29. The second kappa shape index (κ2) is 9.17. The van der Waals surface area contributed by atoms with Crippen LogP contribution in [0.3, 0.4) is 0 Å². The molecule has 1 amide bonds. The molecular weight excluding hydrogens is 342 g/mol. The summed E-state index contributed by atoms with van der Waals surface area (Å²) in [5.74, 6) is -0.192. The van der Waals surface area contributed by atoms with Crippen molar-refractivity contribution in [1.82, 2.24) is 5.32 Å². The molecule has 1 heterocycles. The van der Waals surface area contributed by atoms with E-state index in [1.54, 1.807) is 19.2 Å². The van der Waals surface area contributed by atoms with E-state index < -0.39 is 6.10 Å². The number of ether oxygens (including phenoxy) is 2. The lowest BCUT2D eigenvalue weighted by Gasteiger charge is -2.32. The molecule has 0 radical (unpaired) electrons. The third kappa shape index (κ3) is 4.64. The quantitative estimate of drug-likeness (QED) is 0.851. The Balaban J connectivity index is 1.72. The first kappa shape index (κ1) is 18.9. The van der Waals surface area contributed by atoms with Crippen LogP contribution in [0.25, 0.3) is 0 Å². The zero-order valence-electron chi connectivity index (χ0n) is 15.4. The Morgan fingerprint density at radius 1 is 1.22 bits per heavy atom. The van der Waals surface area contributed by atoms with Gasteiger partial charge in [-0.25, -0.2) is 0 Å². The summed E-state index contributed by atoms with van der Waals surface area (Å²) >= 11 is 0. The lowest BCUT2D eigenvalue weighted by atomic mass is 10.0. The lowest BCUT2D eigenvalue weighted by molar-refractivity contribution is -0.131. The summed E-state index contributed by atoms with van der Waals surface area (Å²) < 4.78 is 11.0. The van der Waals surface area contributed by atoms with E-state index in [9.17, 15) is 4.79 Å². The number of anilines is 1. The number of methoxy groups -OCH3 is 1. The minimum Gasteiger partial charge on any atom is -0.378 e. The second-order valence-electron chi connectivity index (χ2n) is 6.30. The van der Waals surface area contributed by atoms with E-state index in [1.165, 1.54) is 0 Å². The van der Waals surface area contributed by atoms with Gasteiger partial charge in [0.1, 0.15) is 0 Å². The fraction of sp³-hybridized carbons (Fsp3) is 0.333. The maximum atomic E-state index is 12.8. The molecule has 1 fully saturated rings. The third-order valence-corrected chi connectivity index (χ3v) is 4.59. The minimum absolute atomic E-state index is 0.192. The highest BCUT2D eigenvalue weighted by Gasteiger charge is 2.25. The third-order valence-electron chi connectivity index (χ3n) is 4.59. The Hall–Kier alpha value is -2.88. The molecule has 1 aliphatic rings. The lowest BCUT2D eigenvalue weighted by Crippen LogP contribution is -2.38. The molecule has 0 unspecified atom stereocenters. The SMILES string of the molecule is CO[C@H](C(=O)NCc1ccc(C#N)cc1)c1ccccc1N1CCOCC1. The van der Waals surface area contributed by atoms with Crippen LogP contribution in [0.2, 0.25) is 0 Å². The average Bonchev–Trinajstić information content (AvgIpc) is 2.74. The van der Waals surface area contributed by atoms with Gasteiger partial charge in [0.2, 0.25) is 0 Å². The van der Waals surface area contributed by atoms with Gasteiger partial charge in [0.25, 0.3) is 5.91 Å². The van der Waals surface area contributed by atoms with Crippen LogP contribution in [0.4, 0.5) is 5.69 Å². The summed E-state index contributed by atoms with van der Waals surface area (Å²) in [6.07, 6.45) is -0.692. The van der Waals surface area contributed by atoms with Gasteiger partial charge in [0.15, 0.2) is 6.10 Å². The van der Waals surface area contributed by atoms with Crippen LogP contribution < -0.4 is 10.2 Å². The molecule has 0 bridgehead atoms. The molecule has 1 atom stereocenters. The predicted octanol–water partition coefficient (Wildman–Crippen LogP) is 2.40. The zero-order valence-corrected chi connectivity index (χ0v) is 15.4. The molecule has 0 saturated carbocycles. The van der Waals surface area contributed by atoms with E-state index >= 15 is 0 Å². The van der Waals surface area contributed by atoms with Crippen molar-refractivity contribution in [2.75, 3.05) is 38.3 Å². The van der Waals surface area contributed by atoms with Gasteiger partial charge in [0.05, 0.1) is 24.8 Å². The van der Waals surface area contributed by atoms with Crippen LogP contribution in [-0.4, -0.2) is 39.3 Å². The number of nitrogens with one attached hydrogen (secondary N) is 1. The first-order valence-corrected chi connectivity index (χ1v) is 8.94. The molecule has 1 N–H and O–H groups in total. The van der Waals surface area contributed by atoms with E-state index in [0.717, 1.165) is 29.9 Å². The molecule has 0 aromatic heterocycles. The molecule has 0 spiro atoms. The van der Waals surface area contributed by atoms with Crippen molar-refractivity contribution in [1.29, 1.82) is 5.26 Å². The molecule has 2 aromatic rings. The van der Waals surface area contributed by atoms with Crippen LogP contribution in [-0.2, 0) is 20.8 Å². The van der Waals surface area contributed by atoms with E-state index in [4.69, 9.17) is 14.7 Å². The summed E-state index contributed by atoms with van der Waals surface area (Å²) in [5.41, 5.74) is 3.37. The van der Waals surface area contributed by atoms with Crippen molar-refractivity contribution in [3.05, 3.63) is 65.2 Å². The van der Waals surface area contributed by atoms with Gasteiger partial charge in [-0.05, 0) is 23.8 Å². The predicted molar refractivity (Wildman–Crippen MR) is 102 cm³/mol. The van der Waals surface area contributed by atoms with Crippen molar-refractivity contribution in [2.24, 2.45) is 0 Å². The van der Waals surface area contributed by atoms with Gasteiger partial charge >= 0.3 is 0 Å². The smallest absolute Gasteiger partial charge is 0.254 e. The number of para-hydroxylation sites is 1. The van der Waals surface area contributed by atoms with E-state index in [1.807, 2.05) is 36.4 Å². The second-order valence-corrected chi connectivity index (χ2v) is 6.30. The molecule has 0 aliphatic carbocycles. The van der Waals surface area contributed by atoms with Crippen molar-refractivity contribution in [3.8, 4) is 6.07 Å². The van der Waals surface area contributed by atoms with Gasteiger partial charge in [-0.1, -0.05) is 30.3 Å². The standard InChI is InChI=1S/C21H23N3O3/c1-26-20(21(25)23-15-17-8-6-16(14-22)7-9-17)18-4-2-3-5-19(18)24-10-12-27-13-11-24/h2-9,20H,10-13,15H2,1H3,(H,23,25)/t20-/m0/s1. The summed E-state index contributed by atoms with van der Waals surface area (Å²) in [7, 11) is 1.54. The van der Waals surface area contributed by atoms with Gasteiger partial charge in [-0.2, -0.15) is 5.26 Å². The summed E-state index contributed by atoms with van der Waals surface area (Å²) in [4.78, 5) is 15.0. The van der Waals surface area contributed by atoms with Gasteiger partial charge in [-0.3, -0.25) is 4.79 Å². The Labute approximate surface area is 159 Å². The number of benzene rings is 2. The summed E-state index contributed by atoms with van der Waals surface area (Å²) in [6, 6.07) is 17.1. The molecule has 2 aromatic carbocycles. The van der Waals surface area contributed by atoms with Crippen LogP contribution >= 0.6 is 0 Å². The maximum Gasteiger partial charge on any atom is 0.254 e. The van der Waals surface area contributed by atoms with Crippen molar-refractivity contribution >= 4 is 11.6 Å². The maximum absolute atomic E-state index is 12.8. The topological polar surface area (TPSA) is 74.6 Å². The molecule has 6 heteroatoms. The summed E-state index contributed by atoms with van der Waals surface area (Å²) in [6.45, 7) is 3.32. The van der Waals surface area contributed by atoms with E-state index in [0.29, 0.717) is 25.3 Å². The summed E-state index contributed by atoms with van der Waals surface area (Å²) in [5, 5.41) is 11.8. The van der Waals surface area contributed by atoms with Crippen LogP contribution in [0, 0.1) is 11.3 Å². The van der Waals surface area contributed by atoms with E-state index in [-0.39, 0.29) is 5.91 Å². The molecule has 140 valence electrons. The van der Waals surface area contributed by atoms with E-state index in [2.05, 4.69) is 16.3 Å². The number of morpholine rings is 1. The molecule has 27 heavy (non-hydrogen) atoms. The van der Waals surface area contributed by atoms with Crippen molar-refractivity contribution in [2.45, 2.75) is 12.6 Å². The molecule has 6 nitrogen and oxygen atoms in total. The van der Waals surface area contributed by atoms with Gasteiger partial charge < -0.3 is 19.7 Å². The Bertz CT molecular complexity index is 808. The van der Waals surface area contributed by atoms with Crippen molar-refractivity contribution < 1.29 is 14.3 Å². The van der Waals surface area contributed by atoms with Gasteiger partial charge in [0, 0.05) is 38.0 Å². The molecular formula is C21H23N3O3. The highest BCUT2D eigenvalue weighted by atomic mass is 16.5. The molecule has 1 aliphatic heterocycles. The fourth-order valence-corrected chi connectivity index (χ4v) is 3.16. The van der Waals surface area contributed by atoms with Crippen molar-refractivity contribution in [3.63, 3.8) is 0 Å². The first-order chi connectivity index (χ1) is 13.2. The Morgan fingerprint density at radius 3 is 2.59 bits per heavy atom. The fourth-order valence-electron chi connectivity index (χ4n) is 3.16. The number of carbonyl (C=O) groups excluding carboxylic acids is 1. The van der Waals surface area contributed by atoms with Crippen LogP contribution in [0.1, 0.15) is 22.8 Å². The Kier molecular flexibility index (Phi) is 6.42. The first-order valence-electron chi connectivity index (χ1n) is 8.94. The number of carbonyl (C=O) groups is 1. The Morgan fingerprint density at radius 2 is 1.93 bits per heavy atom. The van der Waals surface area contributed by atoms with Gasteiger partial charge in [-0.15, -0.1) is 0 Å². The highest BCUT2D eigenvalue weighted by molar-refractivity contribution is 5.84. The largest absolute Gasteiger partial charge is 0.378 e. The molecule has 1 saturated heterocycles. The zero-order chi connectivity index (χ0) is 19.1. The number of hydrogen-bond donors (Lipinski definition) is 1. The number of rotatable bonds is 6. The molecule has 3 rings (SSSR count). The normalized spacial score (nSPS) is 15.0. The minimum atomic E-state index is -0.692. The average molecular weight is 365 g/mol. The number of amides is 1. The number of hydrogen-bond acceptors (Lipinski definition) is 5.